The number of hydrogen-bond acceptors (Lipinski definition) is 5. The molecule has 0 aromatic heterocycles. The molecule has 1 saturated heterocycles. The number of sulfonamides is 1. The summed E-state index contributed by atoms with van der Waals surface area (Å²) in [4.78, 5) is 25.6. The standard InChI is InChI=1S/C16H21ClN2O5S/c1-12(16(21)19-10-2-3-11-19)24-15(20)8-9-18-25(22,23)14-6-4-13(17)5-7-14/h4-7,12,18H,2-3,8-11H2,1H3. The molecule has 25 heavy (non-hydrogen) atoms. The van der Waals surface area contributed by atoms with Gasteiger partial charge in [-0.25, -0.2) is 13.1 Å². The number of carbonyl (C=O) groups excluding carboxylic acids is 2. The number of nitrogens with zero attached hydrogens (tertiary/aromatic N) is 1. The second kappa shape index (κ2) is 8.64. The molecule has 1 atom stereocenters. The molecule has 1 amide bonds. The zero-order valence-corrected chi connectivity index (χ0v) is 15.5. The summed E-state index contributed by atoms with van der Waals surface area (Å²) in [5, 5.41) is 0.430. The molecule has 7 nitrogen and oxygen atoms in total. The van der Waals surface area contributed by atoms with Crippen LogP contribution in [0.3, 0.4) is 0 Å². The molecule has 1 aromatic rings. The van der Waals surface area contributed by atoms with Crippen LogP contribution in [0, 0.1) is 0 Å². The maximum atomic E-state index is 12.1. The van der Waals surface area contributed by atoms with Gasteiger partial charge in [0.25, 0.3) is 5.91 Å². The summed E-state index contributed by atoms with van der Waals surface area (Å²) >= 11 is 5.72. The first-order valence-corrected chi connectivity index (χ1v) is 9.89. The van der Waals surface area contributed by atoms with Crippen LogP contribution in [-0.2, 0) is 24.3 Å². The monoisotopic (exact) mass is 388 g/mol. The molecule has 9 heteroatoms. The molecule has 1 aromatic carbocycles. The number of hydrogen-bond donors (Lipinski definition) is 1. The Labute approximate surface area is 152 Å². The van der Waals surface area contributed by atoms with Gasteiger partial charge in [0.05, 0.1) is 11.3 Å². The third-order valence-electron chi connectivity index (χ3n) is 3.82. The fraction of sp³-hybridized carbons (Fsp3) is 0.500. The van der Waals surface area contributed by atoms with Crippen LogP contribution in [0.5, 0.6) is 0 Å². The molecule has 1 fully saturated rings. The fourth-order valence-electron chi connectivity index (χ4n) is 2.49. The zero-order valence-electron chi connectivity index (χ0n) is 13.9. The maximum absolute atomic E-state index is 12.1. The predicted molar refractivity (Wildman–Crippen MR) is 92.6 cm³/mol. The Morgan fingerprint density at radius 1 is 1.24 bits per heavy atom. The number of halogens is 1. The Morgan fingerprint density at radius 3 is 2.44 bits per heavy atom. The van der Waals surface area contributed by atoms with E-state index >= 15 is 0 Å². The van der Waals surface area contributed by atoms with E-state index < -0.39 is 22.1 Å². The van der Waals surface area contributed by atoms with Crippen molar-refractivity contribution in [1.82, 2.24) is 9.62 Å². The van der Waals surface area contributed by atoms with Crippen LogP contribution in [0.1, 0.15) is 26.2 Å². The van der Waals surface area contributed by atoms with Crippen LogP contribution in [0.4, 0.5) is 0 Å². The van der Waals surface area contributed by atoms with Gasteiger partial charge in [-0.15, -0.1) is 0 Å². The Kier molecular flexibility index (Phi) is 6.80. The van der Waals surface area contributed by atoms with Crippen LogP contribution in [0.15, 0.2) is 29.2 Å². The smallest absolute Gasteiger partial charge is 0.307 e. The number of ether oxygens (including phenoxy) is 1. The first-order chi connectivity index (χ1) is 11.8. The zero-order chi connectivity index (χ0) is 18.4. The summed E-state index contributed by atoms with van der Waals surface area (Å²) in [7, 11) is -3.72. The number of rotatable bonds is 7. The summed E-state index contributed by atoms with van der Waals surface area (Å²) in [5.41, 5.74) is 0. The molecular weight excluding hydrogens is 368 g/mol. The van der Waals surface area contributed by atoms with E-state index in [-0.39, 0.29) is 23.8 Å². The lowest BCUT2D eigenvalue weighted by atomic mass is 10.3. The quantitative estimate of drug-likeness (QED) is 0.715. The van der Waals surface area contributed by atoms with E-state index in [4.69, 9.17) is 16.3 Å². The molecule has 1 aliphatic rings. The van der Waals surface area contributed by atoms with Gasteiger partial charge in [-0.05, 0) is 44.0 Å². The topological polar surface area (TPSA) is 92.8 Å². The average Bonchev–Trinajstić information content (AvgIpc) is 3.08. The molecule has 0 bridgehead atoms. The lowest BCUT2D eigenvalue weighted by Gasteiger charge is -2.20. The van der Waals surface area contributed by atoms with Crippen molar-refractivity contribution in [3.8, 4) is 0 Å². The minimum atomic E-state index is -3.72. The number of nitrogens with one attached hydrogen (secondary N) is 1. The highest BCUT2D eigenvalue weighted by atomic mass is 35.5. The van der Waals surface area contributed by atoms with Crippen molar-refractivity contribution in [2.45, 2.75) is 37.2 Å². The van der Waals surface area contributed by atoms with E-state index in [1.165, 1.54) is 31.2 Å². The molecule has 1 N–H and O–H groups in total. The van der Waals surface area contributed by atoms with Crippen molar-refractivity contribution in [3.05, 3.63) is 29.3 Å². The summed E-state index contributed by atoms with van der Waals surface area (Å²) in [6, 6.07) is 5.69. The van der Waals surface area contributed by atoms with Crippen LogP contribution in [0.25, 0.3) is 0 Å². The van der Waals surface area contributed by atoms with Gasteiger partial charge in [0, 0.05) is 24.7 Å². The Bertz CT molecular complexity index is 715. The lowest BCUT2D eigenvalue weighted by molar-refractivity contribution is -0.158. The van der Waals surface area contributed by atoms with Gasteiger partial charge in [0.2, 0.25) is 10.0 Å². The fourth-order valence-corrected chi connectivity index (χ4v) is 3.64. The largest absolute Gasteiger partial charge is 0.452 e. The van der Waals surface area contributed by atoms with Crippen molar-refractivity contribution in [1.29, 1.82) is 0 Å². The van der Waals surface area contributed by atoms with Gasteiger partial charge in [0.15, 0.2) is 6.10 Å². The normalized spacial score (nSPS) is 15.8. The molecule has 1 aliphatic heterocycles. The van der Waals surface area contributed by atoms with Crippen molar-refractivity contribution in [2.24, 2.45) is 0 Å². The van der Waals surface area contributed by atoms with Gasteiger partial charge in [-0.1, -0.05) is 11.6 Å². The van der Waals surface area contributed by atoms with E-state index in [1.54, 1.807) is 4.90 Å². The van der Waals surface area contributed by atoms with Crippen molar-refractivity contribution < 1.29 is 22.7 Å². The Hall–Kier alpha value is -1.64. The Balaban J connectivity index is 1.77. The molecule has 138 valence electrons. The molecular formula is C16H21ClN2O5S. The highest BCUT2D eigenvalue weighted by Crippen LogP contribution is 2.14. The molecule has 0 saturated carbocycles. The summed E-state index contributed by atoms with van der Waals surface area (Å²) in [5.74, 6) is -0.841. The number of carbonyl (C=O) groups is 2. The number of benzene rings is 1. The minimum Gasteiger partial charge on any atom is -0.452 e. The second-order valence-electron chi connectivity index (χ2n) is 5.77. The SMILES string of the molecule is CC(OC(=O)CCNS(=O)(=O)c1ccc(Cl)cc1)C(=O)N1CCCC1. The van der Waals surface area contributed by atoms with Gasteiger partial charge in [-0.3, -0.25) is 9.59 Å². The molecule has 0 radical (unpaired) electrons. The first kappa shape index (κ1) is 19.7. The highest BCUT2D eigenvalue weighted by Gasteiger charge is 2.26. The van der Waals surface area contributed by atoms with Crippen LogP contribution in [-0.4, -0.2) is 50.9 Å². The van der Waals surface area contributed by atoms with Gasteiger partial charge < -0.3 is 9.64 Å². The number of amides is 1. The Morgan fingerprint density at radius 2 is 1.84 bits per heavy atom. The molecule has 1 unspecified atom stereocenters. The van der Waals surface area contributed by atoms with Crippen molar-refractivity contribution in [2.75, 3.05) is 19.6 Å². The van der Waals surface area contributed by atoms with Gasteiger partial charge in [0.1, 0.15) is 0 Å². The van der Waals surface area contributed by atoms with E-state index in [9.17, 15) is 18.0 Å². The van der Waals surface area contributed by atoms with Crippen molar-refractivity contribution in [3.63, 3.8) is 0 Å². The van der Waals surface area contributed by atoms with E-state index in [1.807, 2.05) is 0 Å². The number of esters is 1. The summed E-state index contributed by atoms with van der Waals surface area (Å²) in [6.45, 7) is 2.77. The summed E-state index contributed by atoms with van der Waals surface area (Å²) in [6.07, 6.45) is 0.890. The van der Waals surface area contributed by atoms with E-state index in [0.29, 0.717) is 18.1 Å². The van der Waals surface area contributed by atoms with Crippen LogP contribution >= 0.6 is 11.6 Å². The van der Waals surface area contributed by atoms with Gasteiger partial charge >= 0.3 is 5.97 Å². The molecule has 0 spiro atoms. The third kappa shape index (κ3) is 5.69. The number of likely N-dealkylation sites (tertiary alicyclic amines) is 1. The van der Waals surface area contributed by atoms with Crippen molar-refractivity contribution >= 4 is 33.5 Å². The molecule has 0 aliphatic carbocycles. The minimum absolute atomic E-state index is 0.0582. The first-order valence-electron chi connectivity index (χ1n) is 8.03. The third-order valence-corrected chi connectivity index (χ3v) is 5.55. The van der Waals surface area contributed by atoms with Crippen LogP contribution in [0.2, 0.25) is 5.02 Å². The van der Waals surface area contributed by atoms with E-state index in [0.717, 1.165) is 12.8 Å². The van der Waals surface area contributed by atoms with Gasteiger partial charge in [-0.2, -0.15) is 0 Å². The van der Waals surface area contributed by atoms with Crippen LogP contribution < -0.4 is 4.72 Å². The second-order valence-corrected chi connectivity index (χ2v) is 7.97. The molecule has 1 heterocycles. The average molecular weight is 389 g/mol. The van der Waals surface area contributed by atoms with E-state index in [2.05, 4.69) is 4.72 Å². The summed E-state index contributed by atoms with van der Waals surface area (Å²) < 4.78 is 31.5. The highest BCUT2D eigenvalue weighted by molar-refractivity contribution is 7.89. The predicted octanol–water partition coefficient (Wildman–Crippen LogP) is 1.56. The molecule has 2 rings (SSSR count). The lowest BCUT2D eigenvalue weighted by Crippen LogP contribution is -2.38. The maximum Gasteiger partial charge on any atom is 0.307 e.